The lowest BCUT2D eigenvalue weighted by molar-refractivity contribution is -0.150. The number of aliphatic carboxylic acids is 1. The van der Waals surface area contributed by atoms with Crippen LogP contribution < -0.4 is 5.32 Å². The van der Waals surface area contributed by atoms with Crippen molar-refractivity contribution in [2.75, 3.05) is 6.54 Å². The van der Waals surface area contributed by atoms with Crippen molar-refractivity contribution in [3.63, 3.8) is 0 Å². The minimum Gasteiger partial charge on any atom is -0.479 e. The summed E-state index contributed by atoms with van der Waals surface area (Å²) in [6, 6.07) is 0. The first-order valence-corrected chi connectivity index (χ1v) is 5.92. The second-order valence-corrected chi connectivity index (χ2v) is 4.07. The van der Waals surface area contributed by atoms with Gasteiger partial charge in [0.25, 0.3) is 0 Å². The van der Waals surface area contributed by atoms with Gasteiger partial charge in [-0.3, -0.25) is 4.79 Å². The Bertz CT molecular complexity index is 321. The van der Waals surface area contributed by atoms with Gasteiger partial charge in [0.05, 0.1) is 0 Å². The Kier molecular flexibility index (Phi) is 8.35. The van der Waals surface area contributed by atoms with Gasteiger partial charge in [-0.1, -0.05) is 19.9 Å². The van der Waals surface area contributed by atoms with Gasteiger partial charge in [-0.05, 0) is 25.5 Å². The van der Waals surface area contributed by atoms with Gasteiger partial charge < -0.3 is 15.2 Å². The maximum Gasteiger partial charge on any atom is 0.345 e. The van der Waals surface area contributed by atoms with E-state index in [0.29, 0.717) is 25.1 Å². The first-order chi connectivity index (χ1) is 8.52. The Morgan fingerprint density at radius 1 is 1.44 bits per heavy atom. The predicted octanol–water partition coefficient (Wildman–Crippen LogP) is 1.71. The summed E-state index contributed by atoms with van der Waals surface area (Å²) in [6.45, 7) is 5.92. The van der Waals surface area contributed by atoms with Crippen molar-refractivity contribution in [1.82, 2.24) is 5.32 Å². The predicted molar refractivity (Wildman–Crippen MR) is 68.9 cm³/mol. The summed E-state index contributed by atoms with van der Waals surface area (Å²) in [4.78, 5) is 21.0. The molecular formula is C13H21NO4. The van der Waals surface area contributed by atoms with Gasteiger partial charge in [-0.2, -0.15) is 0 Å². The SMILES string of the molecule is C/C=C(\C=C/CCNC=O)OC(C(=O)O)C(C)C. The van der Waals surface area contributed by atoms with Crippen molar-refractivity contribution in [2.45, 2.75) is 33.3 Å². The molecule has 5 heteroatoms. The molecule has 5 nitrogen and oxygen atoms in total. The van der Waals surface area contributed by atoms with Crippen LogP contribution in [0.25, 0.3) is 0 Å². The lowest BCUT2D eigenvalue weighted by Gasteiger charge is -2.18. The lowest BCUT2D eigenvalue weighted by atomic mass is 10.1. The molecule has 1 amide bonds. The average molecular weight is 255 g/mol. The summed E-state index contributed by atoms with van der Waals surface area (Å²) in [6.07, 6.45) is 5.70. The number of carbonyl (C=O) groups is 2. The van der Waals surface area contributed by atoms with Crippen LogP contribution in [-0.2, 0) is 14.3 Å². The topological polar surface area (TPSA) is 75.6 Å². The molecule has 0 aliphatic carbocycles. The Labute approximate surface area is 108 Å². The van der Waals surface area contributed by atoms with Gasteiger partial charge in [0.15, 0.2) is 6.10 Å². The second kappa shape index (κ2) is 9.27. The number of carboxylic acids is 1. The summed E-state index contributed by atoms with van der Waals surface area (Å²) >= 11 is 0. The Hall–Kier alpha value is -1.78. The molecule has 18 heavy (non-hydrogen) atoms. The van der Waals surface area contributed by atoms with E-state index in [0.717, 1.165) is 0 Å². The van der Waals surface area contributed by atoms with Crippen LogP contribution in [0.4, 0.5) is 0 Å². The number of carbonyl (C=O) groups excluding carboxylic acids is 1. The van der Waals surface area contributed by atoms with Gasteiger partial charge >= 0.3 is 5.97 Å². The highest BCUT2D eigenvalue weighted by Gasteiger charge is 2.23. The molecule has 0 aromatic rings. The third kappa shape index (κ3) is 6.73. The minimum atomic E-state index is -0.972. The van der Waals surface area contributed by atoms with Crippen LogP contribution >= 0.6 is 0 Å². The first kappa shape index (κ1) is 16.2. The Morgan fingerprint density at radius 3 is 2.56 bits per heavy atom. The number of nitrogens with one attached hydrogen (secondary N) is 1. The molecule has 0 bridgehead atoms. The van der Waals surface area contributed by atoms with E-state index in [9.17, 15) is 9.59 Å². The molecule has 1 unspecified atom stereocenters. The number of amides is 1. The second-order valence-electron chi connectivity index (χ2n) is 4.07. The molecule has 0 saturated heterocycles. The molecule has 0 aliphatic rings. The highest BCUT2D eigenvalue weighted by Crippen LogP contribution is 2.13. The van der Waals surface area contributed by atoms with Crippen LogP contribution in [0.2, 0.25) is 0 Å². The fraction of sp³-hybridized carbons (Fsp3) is 0.538. The first-order valence-electron chi connectivity index (χ1n) is 5.92. The smallest absolute Gasteiger partial charge is 0.345 e. The summed E-state index contributed by atoms with van der Waals surface area (Å²) in [7, 11) is 0. The maximum atomic E-state index is 11.0. The van der Waals surface area contributed by atoms with Crippen LogP contribution in [0.1, 0.15) is 27.2 Å². The Morgan fingerprint density at radius 2 is 2.11 bits per heavy atom. The number of rotatable bonds is 9. The molecule has 0 aromatic heterocycles. The average Bonchev–Trinajstić information content (AvgIpc) is 2.31. The summed E-state index contributed by atoms with van der Waals surface area (Å²) < 4.78 is 5.41. The summed E-state index contributed by atoms with van der Waals surface area (Å²) in [5.41, 5.74) is 0. The molecule has 0 heterocycles. The van der Waals surface area contributed by atoms with Crippen molar-refractivity contribution in [3.8, 4) is 0 Å². The van der Waals surface area contributed by atoms with E-state index < -0.39 is 12.1 Å². The molecule has 1 atom stereocenters. The van der Waals surface area contributed by atoms with Gasteiger partial charge in [0, 0.05) is 12.5 Å². The number of hydrogen-bond donors (Lipinski definition) is 2. The maximum absolute atomic E-state index is 11.0. The third-order valence-electron chi connectivity index (χ3n) is 2.22. The normalized spacial score (nSPS) is 13.7. The van der Waals surface area contributed by atoms with E-state index in [1.54, 1.807) is 32.9 Å². The lowest BCUT2D eigenvalue weighted by Crippen LogP contribution is -2.28. The molecule has 2 N–H and O–H groups in total. The zero-order valence-corrected chi connectivity index (χ0v) is 11.1. The highest BCUT2D eigenvalue weighted by atomic mass is 16.5. The standard InChI is InChI=1S/C13H21NO4/c1-4-11(7-5-6-8-14-9-15)18-12(10(2)3)13(16)17/h4-5,7,9-10,12H,6,8H2,1-3H3,(H,14,15)(H,16,17)/b7-5-,11-4+. The molecule has 0 aliphatic heterocycles. The molecule has 0 spiro atoms. The largest absolute Gasteiger partial charge is 0.479 e. The molecule has 0 rings (SSSR count). The van der Waals surface area contributed by atoms with Crippen LogP contribution in [0.5, 0.6) is 0 Å². The quantitative estimate of drug-likeness (QED) is 0.284. The van der Waals surface area contributed by atoms with Gasteiger partial charge in [-0.25, -0.2) is 4.79 Å². The molecule has 0 radical (unpaired) electrons. The summed E-state index contributed by atoms with van der Waals surface area (Å²) in [5, 5.41) is 11.5. The third-order valence-corrected chi connectivity index (χ3v) is 2.22. The monoisotopic (exact) mass is 255 g/mol. The summed E-state index contributed by atoms with van der Waals surface area (Å²) in [5.74, 6) is -0.565. The van der Waals surface area contributed by atoms with E-state index >= 15 is 0 Å². The highest BCUT2D eigenvalue weighted by molar-refractivity contribution is 5.72. The van der Waals surface area contributed by atoms with E-state index in [2.05, 4.69) is 5.32 Å². The number of hydrogen-bond acceptors (Lipinski definition) is 3. The van der Waals surface area contributed by atoms with E-state index in [1.807, 2.05) is 6.08 Å². The molecule has 0 aromatic carbocycles. The van der Waals surface area contributed by atoms with Crippen molar-refractivity contribution < 1.29 is 19.4 Å². The van der Waals surface area contributed by atoms with Crippen LogP contribution in [0.15, 0.2) is 24.0 Å². The molecular weight excluding hydrogens is 234 g/mol. The molecule has 0 saturated carbocycles. The van der Waals surface area contributed by atoms with E-state index in [1.165, 1.54) is 0 Å². The Balaban J connectivity index is 4.33. The van der Waals surface area contributed by atoms with Crippen LogP contribution in [-0.4, -0.2) is 30.1 Å². The van der Waals surface area contributed by atoms with Crippen molar-refractivity contribution in [1.29, 1.82) is 0 Å². The van der Waals surface area contributed by atoms with Crippen molar-refractivity contribution in [2.24, 2.45) is 5.92 Å². The van der Waals surface area contributed by atoms with Gasteiger partial charge in [0.2, 0.25) is 6.41 Å². The van der Waals surface area contributed by atoms with Crippen molar-refractivity contribution >= 4 is 12.4 Å². The van der Waals surface area contributed by atoms with Gasteiger partial charge in [-0.15, -0.1) is 0 Å². The number of allylic oxidation sites excluding steroid dienone is 2. The molecule has 0 fully saturated rings. The fourth-order valence-electron chi connectivity index (χ4n) is 1.25. The van der Waals surface area contributed by atoms with Crippen LogP contribution in [0, 0.1) is 5.92 Å². The molecule has 102 valence electrons. The minimum absolute atomic E-state index is 0.109. The number of carboxylic acid groups (broad SMARTS) is 1. The zero-order valence-electron chi connectivity index (χ0n) is 11.1. The van der Waals surface area contributed by atoms with Gasteiger partial charge in [0.1, 0.15) is 5.76 Å². The van der Waals surface area contributed by atoms with E-state index in [-0.39, 0.29) is 5.92 Å². The van der Waals surface area contributed by atoms with E-state index in [4.69, 9.17) is 9.84 Å². The van der Waals surface area contributed by atoms with Crippen molar-refractivity contribution in [3.05, 3.63) is 24.0 Å². The zero-order chi connectivity index (χ0) is 14.0. The van der Waals surface area contributed by atoms with Crippen LogP contribution in [0.3, 0.4) is 0 Å². The number of ether oxygens (including phenoxy) is 1. The fourth-order valence-corrected chi connectivity index (χ4v) is 1.25.